The lowest BCUT2D eigenvalue weighted by Crippen LogP contribution is -2.37. The van der Waals surface area contributed by atoms with Gasteiger partial charge in [-0.05, 0) is 25.7 Å². The normalized spacial score (nSPS) is 23.2. The van der Waals surface area contributed by atoms with Crippen molar-refractivity contribution in [3.05, 3.63) is 0 Å². The van der Waals surface area contributed by atoms with Crippen molar-refractivity contribution in [2.45, 2.75) is 31.9 Å². The molecule has 2 unspecified atom stereocenters. The Kier molecular flexibility index (Phi) is 3.30. The van der Waals surface area contributed by atoms with Crippen molar-refractivity contribution in [1.29, 1.82) is 0 Å². The van der Waals surface area contributed by atoms with E-state index < -0.39 is 0 Å². The molecule has 0 saturated heterocycles. The van der Waals surface area contributed by atoms with Crippen molar-refractivity contribution >= 4 is 0 Å². The van der Waals surface area contributed by atoms with Gasteiger partial charge in [0.05, 0.1) is 12.7 Å². The number of aliphatic hydroxyl groups is 1. The Morgan fingerprint density at radius 2 is 2.27 bits per heavy atom. The standard InChI is InChI=1S/C8H17NO2/c1-6(9)8(4-10)11-5-7-2-3-7/h6-8,10H,2-5,9H2,1H3. The van der Waals surface area contributed by atoms with Crippen LogP contribution >= 0.6 is 0 Å². The van der Waals surface area contributed by atoms with Crippen LogP contribution in [0, 0.1) is 5.92 Å². The molecule has 66 valence electrons. The highest BCUT2D eigenvalue weighted by Crippen LogP contribution is 2.29. The van der Waals surface area contributed by atoms with Crippen molar-refractivity contribution in [3.63, 3.8) is 0 Å². The van der Waals surface area contributed by atoms with Gasteiger partial charge >= 0.3 is 0 Å². The van der Waals surface area contributed by atoms with Crippen LogP contribution in [0.25, 0.3) is 0 Å². The van der Waals surface area contributed by atoms with Crippen molar-refractivity contribution in [2.24, 2.45) is 11.7 Å². The number of rotatable bonds is 5. The maximum atomic E-state index is 8.82. The molecule has 1 aliphatic carbocycles. The molecule has 1 rings (SSSR count). The van der Waals surface area contributed by atoms with Gasteiger partial charge in [-0.1, -0.05) is 0 Å². The van der Waals surface area contributed by atoms with Crippen LogP contribution in [0.5, 0.6) is 0 Å². The van der Waals surface area contributed by atoms with Gasteiger partial charge in [0.15, 0.2) is 0 Å². The number of nitrogens with two attached hydrogens (primary N) is 1. The van der Waals surface area contributed by atoms with E-state index in [1.165, 1.54) is 12.8 Å². The van der Waals surface area contributed by atoms with Crippen molar-refractivity contribution in [1.82, 2.24) is 0 Å². The Balaban J connectivity index is 2.08. The van der Waals surface area contributed by atoms with Crippen LogP contribution in [0.3, 0.4) is 0 Å². The van der Waals surface area contributed by atoms with E-state index in [2.05, 4.69) is 0 Å². The topological polar surface area (TPSA) is 55.5 Å². The fourth-order valence-electron chi connectivity index (χ4n) is 0.915. The average molecular weight is 159 g/mol. The molecule has 2 atom stereocenters. The third-order valence-electron chi connectivity index (χ3n) is 2.01. The fourth-order valence-corrected chi connectivity index (χ4v) is 0.915. The molecule has 0 aliphatic heterocycles. The molecule has 11 heavy (non-hydrogen) atoms. The van der Waals surface area contributed by atoms with Crippen LogP contribution in [-0.4, -0.2) is 30.5 Å². The molecule has 0 aromatic heterocycles. The molecule has 3 heteroatoms. The monoisotopic (exact) mass is 159 g/mol. The first-order valence-corrected chi connectivity index (χ1v) is 4.22. The first-order chi connectivity index (χ1) is 5.24. The van der Waals surface area contributed by atoms with Gasteiger partial charge in [0.1, 0.15) is 0 Å². The summed E-state index contributed by atoms with van der Waals surface area (Å²) in [6.45, 7) is 2.66. The van der Waals surface area contributed by atoms with Crippen LogP contribution in [-0.2, 0) is 4.74 Å². The zero-order valence-corrected chi connectivity index (χ0v) is 6.99. The van der Waals surface area contributed by atoms with Crippen molar-refractivity contribution in [2.75, 3.05) is 13.2 Å². The van der Waals surface area contributed by atoms with Crippen LogP contribution in [0.4, 0.5) is 0 Å². The first-order valence-electron chi connectivity index (χ1n) is 4.22. The summed E-state index contributed by atoms with van der Waals surface area (Å²) in [5, 5.41) is 8.82. The van der Waals surface area contributed by atoms with Crippen LogP contribution in [0.2, 0.25) is 0 Å². The smallest absolute Gasteiger partial charge is 0.0953 e. The van der Waals surface area contributed by atoms with E-state index in [4.69, 9.17) is 15.6 Å². The second kappa shape index (κ2) is 4.04. The van der Waals surface area contributed by atoms with Crippen molar-refractivity contribution < 1.29 is 9.84 Å². The summed E-state index contributed by atoms with van der Waals surface area (Å²) >= 11 is 0. The predicted molar refractivity (Wildman–Crippen MR) is 43.2 cm³/mol. The Bertz CT molecular complexity index is 113. The highest BCUT2D eigenvalue weighted by molar-refractivity contribution is 4.74. The van der Waals surface area contributed by atoms with Gasteiger partial charge in [-0.15, -0.1) is 0 Å². The molecule has 0 heterocycles. The minimum atomic E-state index is -0.171. The van der Waals surface area contributed by atoms with Gasteiger partial charge in [0.2, 0.25) is 0 Å². The summed E-state index contributed by atoms with van der Waals surface area (Å²) in [5.74, 6) is 0.739. The molecule has 1 aliphatic rings. The number of hydrogen-bond acceptors (Lipinski definition) is 3. The van der Waals surface area contributed by atoms with E-state index >= 15 is 0 Å². The molecule has 0 spiro atoms. The fraction of sp³-hybridized carbons (Fsp3) is 1.00. The van der Waals surface area contributed by atoms with E-state index in [1.54, 1.807) is 0 Å². The van der Waals surface area contributed by atoms with Gasteiger partial charge in [-0.2, -0.15) is 0 Å². The van der Waals surface area contributed by atoms with E-state index in [1.807, 2.05) is 6.92 Å². The molecule has 0 radical (unpaired) electrons. The number of ether oxygens (including phenoxy) is 1. The highest BCUT2D eigenvalue weighted by Gasteiger charge is 2.23. The molecule has 1 saturated carbocycles. The molecule has 1 fully saturated rings. The zero-order valence-electron chi connectivity index (χ0n) is 6.99. The zero-order chi connectivity index (χ0) is 8.27. The Morgan fingerprint density at radius 3 is 2.64 bits per heavy atom. The van der Waals surface area contributed by atoms with Crippen LogP contribution < -0.4 is 5.73 Å². The maximum Gasteiger partial charge on any atom is 0.0953 e. The highest BCUT2D eigenvalue weighted by atomic mass is 16.5. The van der Waals surface area contributed by atoms with Gasteiger partial charge in [-0.25, -0.2) is 0 Å². The third-order valence-corrected chi connectivity index (χ3v) is 2.01. The Labute approximate surface area is 67.5 Å². The van der Waals surface area contributed by atoms with E-state index in [-0.39, 0.29) is 18.8 Å². The summed E-state index contributed by atoms with van der Waals surface area (Å²) < 4.78 is 5.40. The molecule has 0 amide bonds. The second-order valence-corrected chi connectivity index (χ2v) is 3.36. The molecule has 3 nitrogen and oxygen atoms in total. The minimum absolute atomic E-state index is 0.0321. The summed E-state index contributed by atoms with van der Waals surface area (Å²) in [4.78, 5) is 0. The molecular formula is C8H17NO2. The second-order valence-electron chi connectivity index (χ2n) is 3.36. The van der Waals surface area contributed by atoms with Crippen LogP contribution in [0.1, 0.15) is 19.8 Å². The molecule has 0 aromatic carbocycles. The number of hydrogen-bond donors (Lipinski definition) is 2. The predicted octanol–water partition coefficient (Wildman–Crippen LogP) is 0.121. The van der Waals surface area contributed by atoms with Gasteiger partial charge in [0, 0.05) is 12.6 Å². The number of aliphatic hydroxyl groups excluding tert-OH is 1. The lowest BCUT2D eigenvalue weighted by Gasteiger charge is -2.18. The van der Waals surface area contributed by atoms with E-state index in [0.717, 1.165) is 12.5 Å². The third kappa shape index (κ3) is 3.18. The molecule has 0 aromatic rings. The Hall–Kier alpha value is -0.120. The van der Waals surface area contributed by atoms with E-state index in [9.17, 15) is 0 Å². The quantitative estimate of drug-likeness (QED) is 0.599. The van der Waals surface area contributed by atoms with Gasteiger partial charge < -0.3 is 15.6 Å². The van der Waals surface area contributed by atoms with E-state index in [0.29, 0.717) is 0 Å². The average Bonchev–Trinajstić information content (AvgIpc) is 2.72. The molecular weight excluding hydrogens is 142 g/mol. The largest absolute Gasteiger partial charge is 0.394 e. The Morgan fingerprint density at radius 1 is 1.64 bits per heavy atom. The SMILES string of the molecule is CC(N)C(CO)OCC1CC1. The summed E-state index contributed by atoms with van der Waals surface area (Å²) in [7, 11) is 0. The maximum absolute atomic E-state index is 8.82. The summed E-state index contributed by atoms with van der Waals surface area (Å²) in [5.41, 5.74) is 5.57. The van der Waals surface area contributed by atoms with Gasteiger partial charge in [0.25, 0.3) is 0 Å². The summed E-state index contributed by atoms with van der Waals surface area (Å²) in [6, 6.07) is -0.0706. The van der Waals surface area contributed by atoms with Crippen molar-refractivity contribution in [3.8, 4) is 0 Å². The molecule has 3 N–H and O–H groups in total. The minimum Gasteiger partial charge on any atom is -0.394 e. The first kappa shape index (κ1) is 8.97. The lowest BCUT2D eigenvalue weighted by atomic mass is 10.2. The lowest BCUT2D eigenvalue weighted by molar-refractivity contribution is -0.00390. The van der Waals surface area contributed by atoms with Gasteiger partial charge in [-0.3, -0.25) is 0 Å². The summed E-state index contributed by atoms with van der Waals surface area (Å²) in [6.07, 6.45) is 2.38. The van der Waals surface area contributed by atoms with Crippen LogP contribution in [0.15, 0.2) is 0 Å². The molecule has 0 bridgehead atoms.